The molecule has 2 fully saturated rings. The predicted molar refractivity (Wildman–Crippen MR) is 91.3 cm³/mol. The average molecular weight is 330 g/mol. The molecule has 2 aliphatic rings. The molecule has 0 radical (unpaired) electrons. The zero-order valence-corrected chi connectivity index (χ0v) is 14.6. The Balaban J connectivity index is 1.65. The Morgan fingerprint density at radius 1 is 1.25 bits per heavy atom. The van der Waals surface area contributed by atoms with Gasteiger partial charge in [-0.15, -0.1) is 0 Å². The second-order valence-corrected chi connectivity index (χ2v) is 7.92. The van der Waals surface area contributed by atoms with Gasteiger partial charge in [0.05, 0.1) is 5.56 Å². The van der Waals surface area contributed by atoms with Crippen LogP contribution in [0.3, 0.4) is 0 Å². The highest BCUT2D eigenvalue weighted by Gasteiger charge is 2.62. The van der Waals surface area contributed by atoms with Gasteiger partial charge in [0.15, 0.2) is 0 Å². The first kappa shape index (κ1) is 16.8. The molecule has 1 aromatic carbocycles. The molecule has 24 heavy (non-hydrogen) atoms. The number of urea groups is 1. The summed E-state index contributed by atoms with van der Waals surface area (Å²) in [6.07, 6.45) is 3.32. The molecule has 2 saturated carbocycles. The van der Waals surface area contributed by atoms with Gasteiger partial charge in [0.2, 0.25) is 0 Å². The number of nitrogens with one attached hydrogen (secondary N) is 1. The third-order valence-corrected chi connectivity index (χ3v) is 6.62. The number of carbonyl (C=O) groups excluding carboxylic acids is 2. The van der Waals surface area contributed by atoms with E-state index in [1.165, 1.54) is 6.42 Å². The molecule has 0 aromatic heterocycles. The number of carbonyl (C=O) groups is 2. The normalized spacial score (nSPS) is 30.1. The summed E-state index contributed by atoms with van der Waals surface area (Å²) in [7, 11) is 0. The smallest absolute Gasteiger partial charge is 0.338 e. The minimum Gasteiger partial charge on any atom is -0.458 e. The summed E-state index contributed by atoms with van der Waals surface area (Å²) < 4.78 is 5.88. The number of rotatable bonds is 4. The Hall–Kier alpha value is -2.04. The number of benzene rings is 1. The zero-order valence-electron chi connectivity index (χ0n) is 14.6. The number of fused-ring (bicyclic) bond motifs is 2. The molecule has 3 rings (SSSR count). The molecule has 5 heteroatoms. The van der Waals surface area contributed by atoms with Gasteiger partial charge in [-0.05, 0) is 48.3 Å². The fraction of sp³-hybridized carbons (Fsp3) is 0.579. The highest BCUT2D eigenvalue weighted by molar-refractivity contribution is 5.89. The summed E-state index contributed by atoms with van der Waals surface area (Å²) in [5.41, 5.74) is 6.77. The lowest BCUT2D eigenvalue weighted by molar-refractivity contribution is -0.0242. The maximum atomic E-state index is 12.5. The lowest BCUT2D eigenvalue weighted by atomic mass is 9.70. The van der Waals surface area contributed by atoms with Crippen molar-refractivity contribution in [1.82, 2.24) is 5.32 Å². The molecule has 130 valence electrons. The molecule has 2 aliphatic carbocycles. The van der Waals surface area contributed by atoms with Gasteiger partial charge in [-0.3, -0.25) is 0 Å². The maximum Gasteiger partial charge on any atom is 0.338 e. The van der Waals surface area contributed by atoms with Crippen molar-refractivity contribution >= 4 is 12.0 Å². The Labute approximate surface area is 142 Å². The molecular weight excluding hydrogens is 304 g/mol. The van der Waals surface area contributed by atoms with Gasteiger partial charge < -0.3 is 15.8 Å². The molecule has 0 heterocycles. The van der Waals surface area contributed by atoms with Crippen molar-refractivity contribution in [3.8, 4) is 0 Å². The second kappa shape index (κ2) is 5.80. The molecule has 2 amide bonds. The van der Waals surface area contributed by atoms with Crippen LogP contribution in [-0.2, 0) is 11.3 Å². The molecule has 2 bridgehead atoms. The van der Waals surface area contributed by atoms with Crippen molar-refractivity contribution in [2.45, 2.75) is 52.7 Å². The first-order valence-corrected chi connectivity index (χ1v) is 8.57. The first-order chi connectivity index (χ1) is 11.2. The van der Waals surface area contributed by atoms with Crippen molar-refractivity contribution in [3.63, 3.8) is 0 Å². The van der Waals surface area contributed by atoms with Gasteiger partial charge >= 0.3 is 12.0 Å². The highest BCUT2D eigenvalue weighted by Crippen LogP contribution is 2.66. The van der Waals surface area contributed by atoms with Crippen molar-refractivity contribution < 1.29 is 14.3 Å². The van der Waals surface area contributed by atoms with Crippen LogP contribution in [0, 0.1) is 16.7 Å². The molecule has 0 unspecified atom stereocenters. The number of amides is 2. The van der Waals surface area contributed by atoms with Crippen LogP contribution in [-0.4, -0.2) is 18.1 Å². The number of hydrogen-bond donors (Lipinski definition) is 2. The summed E-state index contributed by atoms with van der Waals surface area (Å²) in [5.74, 6) is 0.376. The maximum absolute atomic E-state index is 12.5. The Kier molecular flexibility index (Phi) is 4.06. The molecule has 3 atom stereocenters. The van der Waals surface area contributed by atoms with Crippen LogP contribution >= 0.6 is 0 Å². The standard InChI is InChI=1S/C19H26N2O3/c1-18(2)14-8-9-19(18,3)15(10-14)24-16(22)13-6-4-12(5-7-13)11-21-17(20)23/h4-7,14-15H,8-11H2,1-3H3,(H3,20,21,23)/t14-,15-,19-/m0/s1. The Bertz CT molecular complexity index is 653. The van der Waals surface area contributed by atoms with Gasteiger partial charge in [-0.2, -0.15) is 0 Å². The Morgan fingerprint density at radius 2 is 1.92 bits per heavy atom. The van der Waals surface area contributed by atoms with E-state index in [4.69, 9.17) is 10.5 Å². The van der Waals surface area contributed by atoms with E-state index in [0.717, 1.165) is 18.4 Å². The third kappa shape index (κ3) is 2.66. The number of esters is 1. The van der Waals surface area contributed by atoms with Crippen LogP contribution in [0.4, 0.5) is 4.79 Å². The second-order valence-electron chi connectivity index (χ2n) is 7.92. The summed E-state index contributed by atoms with van der Waals surface area (Å²) >= 11 is 0. The minimum atomic E-state index is -0.564. The van der Waals surface area contributed by atoms with Crippen LogP contribution in [0.15, 0.2) is 24.3 Å². The molecule has 3 N–H and O–H groups in total. The van der Waals surface area contributed by atoms with Crippen LogP contribution in [0.25, 0.3) is 0 Å². The lowest BCUT2D eigenvalue weighted by Gasteiger charge is -2.38. The third-order valence-electron chi connectivity index (χ3n) is 6.62. The topological polar surface area (TPSA) is 81.4 Å². The predicted octanol–water partition coefficient (Wildman–Crippen LogP) is 3.23. The minimum absolute atomic E-state index is 0.00467. The molecule has 0 aliphatic heterocycles. The summed E-state index contributed by atoms with van der Waals surface area (Å²) in [5, 5.41) is 2.52. The van der Waals surface area contributed by atoms with E-state index in [1.807, 2.05) is 0 Å². The van der Waals surface area contributed by atoms with E-state index in [1.54, 1.807) is 24.3 Å². The van der Waals surface area contributed by atoms with Crippen molar-refractivity contribution in [2.75, 3.05) is 0 Å². The fourth-order valence-electron chi connectivity index (χ4n) is 4.45. The van der Waals surface area contributed by atoms with E-state index < -0.39 is 6.03 Å². The summed E-state index contributed by atoms with van der Waals surface area (Å²) in [6.45, 7) is 7.22. The summed E-state index contributed by atoms with van der Waals surface area (Å²) in [4.78, 5) is 23.2. The highest BCUT2D eigenvalue weighted by atomic mass is 16.5. The van der Waals surface area contributed by atoms with Crippen molar-refractivity contribution in [1.29, 1.82) is 0 Å². The van der Waals surface area contributed by atoms with E-state index in [0.29, 0.717) is 18.0 Å². The van der Waals surface area contributed by atoms with Crippen molar-refractivity contribution in [2.24, 2.45) is 22.5 Å². The van der Waals surface area contributed by atoms with Gasteiger partial charge in [0.1, 0.15) is 6.10 Å². The summed E-state index contributed by atoms with van der Waals surface area (Å²) in [6, 6.07) is 6.52. The molecule has 1 aromatic rings. The van der Waals surface area contributed by atoms with Crippen LogP contribution in [0.5, 0.6) is 0 Å². The van der Waals surface area contributed by atoms with E-state index >= 15 is 0 Å². The molecule has 5 nitrogen and oxygen atoms in total. The van der Waals surface area contributed by atoms with Gasteiger partial charge in [-0.1, -0.05) is 32.9 Å². The average Bonchev–Trinajstić information content (AvgIpc) is 2.86. The number of primary amides is 1. The number of hydrogen-bond acceptors (Lipinski definition) is 3. The van der Waals surface area contributed by atoms with Crippen molar-refractivity contribution in [3.05, 3.63) is 35.4 Å². The molecule has 0 saturated heterocycles. The van der Waals surface area contributed by atoms with Crippen LogP contribution in [0.2, 0.25) is 0 Å². The number of nitrogens with two attached hydrogens (primary N) is 1. The van der Waals surface area contributed by atoms with Gasteiger partial charge in [0, 0.05) is 12.0 Å². The first-order valence-electron chi connectivity index (χ1n) is 8.57. The zero-order chi connectivity index (χ0) is 17.5. The monoisotopic (exact) mass is 330 g/mol. The van der Waals surface area contributed by atoms with Gasteiger partial charge in [-0.25, -0.2) is 9.59 Å². The number of ether oxygens (including phenoxy) is 1. The lowest BCUT2D eigenvalue weighted by Crippen LogP contribution is -2.38. The largest absolute Gasteiger partial charge is 0.458 e. The van der Waals surface area contributed by atoms with E-state index in [-0.39, 0.29) is 22.9 Å². The van der Waals surface area contributed by atoms with Gasteiger partial charge in [0.25, 0.3) is 0 Å². The molecular formula is C19H26N2O3. The van der Waals surface area contributed by atoms with Crippen LogP contribution in [0.1, 0.15) is 56.0 Å². The Morgan fingerprint density at radius 3 is 2.42 bits per heavy atom. The SMILES string of the molecule is CC1(C)[C@H]2CC[C@@]1(C)[C@@H](OC(=O)c1ccc(CNC(N)=O)cc1)C2. The van der Waals surface area contributed by atoms with E-state index in [9.17, 15) is 9.59 Å². The fourth-order valence-corrected chi connectivity index (χ4v) is 4.45. The molecule has 0 spiro atoms. The van der Waals surface area contributed by atoms with E-state index in [2.05, 4.69) is 26.1 Å². The van der Waals surface area contributed by atoms with Crippen LogP contribution < -0.4 is 11.1 Å². The quantitative estimate of drug-likeness (QED) is 0.832.